The number of carbonyl (C=O) groups is 2. The number of benzene rings is 1. The van der Waals surface area contributed by atoms with Crippen LogP contribution in [0.1, 0.15) is 10.5 Å². The Kier molecular flexibility index (Phi) is 3.42. The van der Waals surface area contributed by atoms with Gasteiger partial charge >= 0.3 is 0 Å². The highest BCUT2D eigenvalue weighted by molar-refractivity contribution is 9.10. The van der Waals surface area contributed by atoms with Crippen molar-refractivity contribution in [2.75, 3.05) is 11.4 Å². The van der Waals surface area contributed by atoms with Crippen LogP contribution in [0.25, 0.3) is 0 Å². The third kappa shape index (κ3) is 2.52. The molecule has 0 radical (unpaired) electrons. The lowest BCUT2D eigenvalue weighted by atomic mass is 10.1. The molecule has 0 fully saturated rings. The number of nitrogens with zero attached hydrogens (tertiary/aromatic N) is 1. The van der Waals surface area contributed by atoms with Crippen molar-refractivity contribution in [1.82, 2.24) is 4.98 Å². The summed E-state index contributed by atoms with van der Waals surface area (Å²) in [5.74, 6) is -0.385. The summed E-state index contributed by atoms with van der Waals surface area (Å²) in [6, 6.07) is 8.73. The number of hydrogen-bond acceptors (Lipinski definition) is 3. The third-order valence-electron chi connectivity index (χ3n) is 3.21. The maximum absolute atomic E-state index is 12.6. The summed E-state index contributed by atoms with van der Waals surface area (Å²) in [7, 11) is 0. The number of ether oxygens (including phenoxy) is 1. The number of hydrogen-bond donors (Lipinski definition) is 2. The lowest BCUT2D eigenvalue weighted by Crippen LogP contribution is -2.49. The van der Waals surface area contributed by atoms with E-state index < -0.39 is 12.0 Å². The Bertz CT molecular complexity index is 713. The van der Waals surface area contributed by atoms with Crippen LogP contribution >= 0.6 is 15.9 Å². The van der Waals surface area contributed by atoms with Crippen molar-refractivity contribution in [3.63, 3.8) is 0 Å². The molecule has 21 heavy (non-hydrogen) atoms. The molecule has 108 valence electrons. The Labute approximate surface area is 129 Å². The van der Waals surface area contributed by atoms with Crippen LogP contribution in [0, 0.1) is 0 Å². The summed E-state index contributed by atoms with van der Waals surface area (Å²) < 4.78 is 6.30. The van der Waals surface area contributed by atoms with Crippen molar-refractivity contribution in [2.45, 2.75) is 6.10 Å². The van der Waals surface area contributed by atoms with Crippen molar-refractivity contribution < 1.29 is 14.3 Å². The van der Waals surface area contributed by atoms with Gasteiger partial charge < -0.3 is 15.5 Å². The van der Waals surface area contributed by atoms with Gasteiger partial charge in [0.25, 0.3) is 11.8 Å². The van der Waals surface area contributed by atoms with Gasteiger partial charge in [-0.2, -0.15) is 0 Å². The fourth-order valence-corrected chi connectivity index (χ4v) is 2.56. The Morgan fingerprint density at radius 2 is 2.14 bits per heavy atom. The minimum Gasteiger partial charge on any atom is -0.477 e. The quantitative estimate of drug-likeness (QED) is 0.864. The fourth-order valence-electron chi connectivity index (χ4n) is 2.21. The SMILES string of the molecule is NC(=O)C1CN(C(=O)c2cc(Br)c[nH]2)c2ccccc2O1. The molecule has 1 aliphatic rings. The smallest absolute Gasteiger partial charge is 0.274 e. The number of primary amides is 1. The number of aromatic nitrogens is 1. The summed E-state index contributed by atoms with van der Waals surface area (Å²) in [6.07, 6.45) is 0.813. The van der Waals surface area contributed by atoms with E-state index in [1.807, 2.05) is 0 Å². The van der Waals surface area contributed by atoms with E-state index in [4.69, 9.17) is 10.5 Å². The molecular weight excluding hydrogens is 338 g/mol. The van der Waals surface area contributed by atoms with Gasteiger partial charge in [-0.05, 0) is 34.1 Å². The maximum Gasteiger partial charge on any atom is 0.274 e. The Morgan fingerprint density at radius 3 is 2.81 bits per heavy atom. The molecule has 0 bridgehead atoms. The average Bonchev–Trinajstić information content (AvgIpc) is 2.92. The van der Waals surface area contributed by atoms with Gasteiger partial charge in [-0.3, -0.25) is 14.5 Å². The van der Waals surface area contributed by atoms with Gasteiger partial charge in [-0.15, -0.1) is 0 Å². The number of fused-ring (bicyclic) bond motifs is 1. The predicted molar refractivity (Wildman–Crippen MR) is 80.2 cm³/mol. The molecular formula is C14H12BrN3O3. The van der Waals surface area contributed by atoms with E-state index in [9.17, 15) is 9.59 Å². The van der Waals surface area contributed by atoms with Crippen LogP contribution in [0.3, 0.4) is 0 Å². The first-order chi connectivity index (χ1) is 10.1. The molecule has 0 aliphatic carbocycles. The highest BCUT2D eigenvalue weighted by Gasteiger charge is 2.33. The molecule has 3 rings (SSSR count). The standard InChI is InChI=1S/C14H12BrN3O3/c15-8-5-9(17-6-8)14(20)18-7-12(13(16)19)21-11-4-2-1-3-10(11)18/h1-6,12,17H,7H2,(H2,16,19). The second kappa shape index (κ2) is 5.25. The molecule has 2 heterocycles. The van der Waals surface area contributed by atoms with Crippen LogP contribution in [0.4, 0.5) is 5.69 Å². The van der Waals surface area contributed by atoms with Crippen molar-refractivity contribution in [3.05, 3.63) is 46.7 Å². The van der Waals surface area contributed by atoms with Crippen LogP contribution < -0.4 is 15.4 Å². The molecule has 0 spiro atoms. The lowest BCUT2D eigenvalue weighted by molar-refractivity contribution is -0.124. The second-order valence-electron chi connectivity index (χ2n) is 4.62. The summed E-state index contributed by atoms with van der Waals surface area (Å²) in [6.45, 7) is 0.0851. The summed E-state index contributed by atoms with van der Waals surface area (Å²) >= 11 is 3.29. The summed E-state index contributed by atoms with van der Waals surface area (Å²) in [5, 5.41) is 0. The molecule has 0 saturated heterocycles. The summed E-state index contributed by atoms with van der Waals surface area (Å²) in [5.41, 5.74) is 6.35. The Balaban J connectivity index is 2.00. The van der Waals surface area contributed by atoms with E-state index in [-0.39, 0.29) is 12.5 Å². The average molecular weight is 350 g/mol. The normalized spacial score (nSPS) is 17.0. The van der Waals surface area contributed by atoms with E-state index in [1.165, 1.54) is 4.90 Å². The number of H-pyrrole nitrogens is 1. The van der Waals surface area contributed by atoms with Gasteiger partial charge in [0.05, 0.1) is 12.2 Å². The third-order valence-corrected chi connectivity index (χ3v) is 3.67. The van der Waals surface area contributed by atoms with Crippen LogP contribution in [0.15, 0.2) is 41.0 Å². The van der Waals surface area contributed by atoms with Gasteiger partial charge in [0.15, 0.2) is 6.10 Å². The molecule has 2 amide bonds. The summed E-state index contributed by atoms with van der Waals surface area (Å²) in [4.78, 5) is 28.4. The molecule has 0 saturated carbocycles. The van der Waals surface area contributed by atoms with Crippen LogP contribution in [0.5, 0.6) is 5.75 Å². The number of amides is 2. The number of rotatable bonds is 2. The van der Waals surface area contributed by atoms with E-state index in [2.05, 4.69) is 20.9 Å². The fraction of sp³-hybridized carbons (Fsp3) is 0.143. The van der Waals surface area contributed by atoms with Gasteiger partial charge in [0.2, 0.25) is 0 Å². The molecule has 1 aliphatic heterocycles. The first kappa shape index (κ1) is 13.7. The Hall–Kier alpha value is -2.28. The van der Waals surface area contributed by atoms with Gasteiger partial charge in [-0.1, -0.05) is 12.1 Å². The zero-order chi connectivity index (χ0) is 15.0. The first-order valence-corrected chi connectivity index (χ1v) is 7.06. The molecule has 2 aromatic rings. The van der Waals surface area contributed by atoms with Gasteiger partial charge in [-0.25, -0.2) is 0 Å². The minimum atomic E-state index is -0.859. The Morgan fingerprint density at radius 1 is 1.38 bits per heavy atom. The number of halogens is 1. The van der Waals surface area contributed by atoms with Crippen LogP contribution in [-0.2, 0) is 4.79 Å². The van der Waals surface area contributed by atoms with Crippen LogP contribution in [0.2, 0.25) is 0 Å². The van der Waals surface area contributed by atoms with Crippen LogP contribution in [-0.4, -0.2) is 29.4 Å². The monoisotopic (exact) mass is 349 g/mol. The van der Waals surface area contributed by atoms with E-state index in [1.54, 1.807) is 36.5 Å². The maximum atomic E-state index is 12.6. The predicted octanol–water partition coefficient (Wildman–Crippen LogP) is 1.67. The van der Waals surface area contributed by atoms with Gasteiger partial charge in [0.1, 0.15) is 11.4 Å². The first-order valence-electron chi connectivity index (χ1n) is 6.27. The number of anilines is 1. The molecule has 1 aromatic heterocycles. The largest absolute Gasteiger partial charge is 0.477 e. The van der Waals surface area contributed by atoms with Gasteiger partial charge in [0, 0.05) is 10.7 Å². The lowest BCUT2D eigenvalue weighted by Gasteiger charge is -2.33. The van der Waals surface area contributed by atoms with E-state index >= 15 is 0 Å². The van der Waals surface area contributed by atoms with Crippen molar-refractivity contribution in [1.29, 1.82) is 0 Å². The number of aromatic amines is 1. The number of para-hydroxylation sites is 2. The van der Waals surface area contributed by atoms with E-state index in [0.29, 0.717) is 17.1 Å². The second-order valence-corrected chi connectivity index (χ2v) is 5.54. The van der Waals surface area contributed by atoms with E-state index in [0.717, 1.165) is 4.47 Å². The molecule has 1 unspecified atom stereocenters. The molecule has 3 N–H and O–H groups in total. The highest BCUT2D eigenvalue weighted by atomic mass is 79.9. The molecule has 1 aromatic carbocycles. The number of carbonyl (C=O) groups excluding carboxylic acids is 2. The molecule has 1 atom stereocenters. The number of nitrogens with one attached hydrogen (secondary N) is 1. The topological polar surface area (TPSA) is 88.4 Å². The molecule has 7 heteroatoms. The molecule has 6 nitrogen and oxygen atoms in total. The zero-order valence-corrected chi connectivity index (χ0v) is 12.5. The minimum absolute atomic E-state index is 0.0851. The zero-order valence-electron chi connectivity index (χ0n) is 10.9. The highest BCUT2D eigenvalue weighted by Crippen LogP contribution is 2.34. The van der Waals surface area contributed by atoms with Crippen molar-refractivity contribution >= 4 is 33.4 Å². The van der Waals surface area contributed by atoms with Crippen molar-refractivity contribution in [2.24, 2.45) is 5.73 Å². The van der Waals surface area contributed by atoms with Crippen molar-refractivity contribution in [3.8, 4) is 5.75 Å². The number of nitrogens with two attached hydrogens (primary N) is 1.